The Morgan fingerprint density at radius 1 is 1.05 bits per heavy atom. The largest absolute Gasteiger partial charge is 0.329 e. The third-order valence-electron chi connectivity index (χ3n) is 3.01. The highest BCUT2D eigenvalue weighted by Crippen LogP contribution is 2.13. The first-order chi connectivity index (χ1) is 9.15. The van der Waals surface area contributed by atoms with Crippen LogP contribution in [0, 0.1) is 6.92 Å². The minimum atomic E-state index is -0.736. The van der Waals surface area contributed by atoms with E-state index in [9.17, 15) is 9.59 Å². The highest BCUT2D eigenvalue weighted by molar-refractivity contribution is 6.39. The number of carbonyl (C=O) groups excluding carboxylic acids is 2. The van der Waals surface area contributed by atoms with Gasteiger partial charge in [0.05, 0.1) is 0 Å². The second-order valence-electron chi connectivity index (χ2n) is 4.65. The summed E-state index contributed by atoms with van der Waals surface area (Å²) < 4.78 is 0. The molecule has 0 unspecified atom stereocenters. The average molecular weight is 259 g/mol. The van der Waals surface area contributed by atoms with Crippen LogP contribution in [0.2, 0.25) is 0 Å². The summed E-state index contributed by atoms with van der Waals surface area (Å²) in [6.07, 6.45) is 4.01. The van der Waals surface area contributed by atoms with Gasteiger partial charge >= 0.3 is 11.8 Å². The van der Waals surface area contributed by atoms with Gasteiger partial charge in [0.15, 0.2) is 0 Å². The number of amides is 2. The number of hydrazone groups is 1. The summed E-state index contributed by atoms with van der Waals surface area (Å²) in [6.45, 7) is 1.95. The summed E-state index contributed by atoms with van der Waals surface area (Å²) in [7, 11) is 0. The molecule has 0 aliphatic heterocycles. The van der Waals surface area contributed by atoms with E-state index in [0.29, 0.717) is 5.69 Å². The second-order valence-corrected chi connectivity index (χ2v) is 4.65. The molecular formula is C14H17N3O2. The number of aryl methyl sites for hydroxylation is 1. The number of anilines is 1. The molecule has 2 N–H and O–H groups in total. The fraction of sp³-hybridized carbons (Fsp3) is 0.357. The van der Waals surface area contributed by atoms with Gasteiger partial charge in [0.25, 0.3) is 0 Å². The first-order valence-electron chi connectivity index (χ1n) is 6.38. The lowest BCUT2D eigenvalue weighted by atomic mass is 10.2. The number of carbonyl (C=O) groups is 2. The van der Waals surface area contributed by atoms with Crippen LogP contribution >= 0.6 is 0 Å². The molecule has 1 fully saturated rings. The third kappa shape index (κ3) is 3.91. The third-order valence-corrected chi connectivity index (χ3v) is 3.01. The zero-order valence-corrected chi connectivity index (χ0v) is 10.9. The van der Waals surface area contributed by atoms with Crippen molar-refractivity contribution in [2.75, 3.05) is 5.32 Å². The van der Waals surface area contributed by atoms with Crippen molar-refractivity contribution in [1.29, 1.82) is 0 Å². The summed E-state index contributed by atoms with van der Waals surface area (Å²) in [6, 6.07) is 7.24. The molecule has 1 saturated carbocycles. The summed E-state index contributed by atoms with van der Waals surface area (Å²) in [5.74, 6) is -1.44. The normalized spacial score (nSPS) is 14.1. The van der Waals surface area contributed by atoms with Crippen LogP contribution in [0.4, 0.5) is 5.69 Å². The molecule has 5 heteroatoms. The van der Waals surface area contributed by atoms with Crippen LogP contribution in [0.3, 0.4) is 0 Å². The first-order valence-corrected chi connectivity index (χ1v) is 6.38. The van der Waals surface area contributed by atoms with E-state index in [1.54, 1.807) is 12.1 Å². The van der Waals surface area contributed by atoms with Crippen LogP contribution in [-0.4, -0.2) is 17.5 Å². The van der Waals surface area contributed by atoms with Gasteiger partial charge in [0.1, 0.15) is 0 Å². The van der Waals surface area contributed by atoms with Crippen molar-refractivity contribution >= 4 is 23.2 Å². The zero-order chi connectivity index (χ0) is 13.7. The fourth-order valence-corrected chi connectivity index (χ4v) is 1.90. The standard InChI is InChI=1S/C14H17N3O2/c1-10-6-8-11(9-7-10)15-13(18)14(19)17-16-12-4-2-3-5-12/h6-9H,2-5H2,1H3,(H,15,18)(H,17,19). The fourth-order valence-electron chi connectivity index (χ4n) is 1.90. The van der Waals surface area contributed by atoms with Crippen molar-refractivity contribution in [3.05, 3.63) is 29.8 Å². The number of hydrogen-bond acceptors (Lipinski definition) is 3. The minimum absolute atomic E-state index is 0.597. The molecule has 1 aromatic rings. The van der Waals surface area contributed by atoms with Crippen molar-refractivity contribution in [3.8, 4) is 0 Å². The molecule has 19 heavy (non-hydrogen) atoms. The Hall–Kier alpha value is -2.17. The van der Waals surface area contributed by atoms with Crippen molar-refractivity contribution in [2.24, 2.45) is 5.10 Å². The van der Waals surface area contributed by atoms with E-state index in [4.69, 9.17) is 0 Å². The monoisotopic (exact) mass is 259 g/mol. The second kappa shape index (κ2) is 6.13. The van der Waals surface area contributed by atoms with Crippen molar-refractivity contribution in [1.82, 2.24) is 5.43 Å². The molecule has 0 saturated heterocycles. The predicted octanol–water partition coefficient (Wildman–Crippen LogP) is 1.98. The molecule has 1 aliphatic rings. The van der Waals surface area contributed by atoms with Crippen LogP contribution in [-0.2, 0) is 9.59 Å². The van der Waals surface area contributed by atoms with E-state index >= 15 is 0 Å². The lowest BCUT2D eigenvalue weighted by Crippen LogP contribution is -2.32. The molecule has 100 valence electrons. The molecule has 1 aromatic carbocycles. The van der Waals surface area contributed by atoms with Gasteiger partial charge in [-0.05, 0) is 44.7 Å². The maximum atomic E-state index is 11.6. The summed E-state index contributed by atoms with van der Waals surface area (Å²) in [5, 5.41) is 6.48. The minimum Gasteiger partial charge on any atom is -0.318 e. The molecule has 0 bridgehead atoms. The summed E-state index contributed by atoms with van der Waals surface area (Å²) >= 11 is 0. The molecule has 1 aliphatic carbocycles. The Balaban J connectivity index is 1.87. The quantitative estimate of drug-likeness (QED) is 0.629. The first kappa shape index (κ1) is 13.3. The number of nitrogens with zero attached hydrogens (tertiary/aromatic N) is 1. The van der Waals surface area contributed by atoms with Crippen LogP contribution in [0.25, 0.3) is 0 Å². The highest BCUT2D eigenvalue weighted by Gasteiger charge is 2.14. The Bertz CT molecular complexity index is 498. The lowest BCUT2D eigenvalue weighted by molar-refractivity contribution is -0.136. The topological polar surface area (TPSA) is 70.6 Å². The number of nitrogens with one attached hydrogen (secondary N) is 2. The predicted molar refractivity (Wildman–Crippen MR) is 73.9 cm³/mol. The average Bonchev–Trinajstić information content (AvgIpc) is 2.91. The van der Waals surface area contributed by atoms with E-state index in [2.05, 4.69) is 15.8 Å². The summed E-state index contributed by atoms with van der Waals surface area (Å²) in [4.78, 5) is 23.2. The smallest absolute Gasteiger partial charge is 0.318 e. The van der Waals surface area contributed by atoms with Gasteiger partial charge < -0.3 is 5.32 Å². The van der Waals surface area contributed by atoms with E-state index in [-0.39, 0.29) is 0 Å². The zero-order valence-electron chi connectivity index (χ0n) is 10.9. The summed E-state index contributed by atoms with van der Waals surface area (Å²) in [5.41, 5.74) is 4.94. The molecule has 0 atom stereocenters. The van der Waals surface area contributed by atoms with Gasteiger partial charge in [-0.3, -0.25) is 9.59 Å². The van der Waals surface area contributed by atoms with E-state index in [1.807, 2.05) is 19.1 Å². The van der Waals surface area contributed by atoms with Crippen LogP contribution < -0.4 is 10.7 Å². The Morgan fingerprint density at radius 3 is 2.32 bits per heavy atom. The van der Waals surface area contributed by atoms with Crippen LogP contribution in [0.5, 0.6) is 0 Å². The van der Waals surface area contributed by atoms with Crippen LogP contribution in [0.15, 0.2) is 29.4 Å². The molecule has 0 radical (unpaired) electrons. The van der Waals surface area contributed by atoms with Crippen molar-refractivity contribution in [3.63, 3.8) is 0 Å². The maximum Gasteiger partial charge on any atom is 0.329 e. The maximum absolute atomic E-state index is 11.6. The van der Waals surface area contributed by atoms with Gasteiger partial charge in [0, 0.05) is 11.4 Å². The van der Waals surface area contributed by atoms with E-state index in [0.717, 1.165) is 37.0 Å². The SMILES string of the molecule is Cc1ccc(NC(=O)C(=O)NN=C2CCCC2)cc1. The van der Waals surface area contributed by atoms with E-state index in [1.165, 1.54) is 0 Å². The Kier molecular flexibility index (Phi) is 4.28. The van der Waals surface area contributed by atoms with E-state index < -0.39 is 11.8 Å². The molecular weight excluding hydrogens is 242 g/mol. The highest BCUT2D eigenvalue weighted by atomic mass is 16.2. The van der Waals surface area contributed by atoms with Crippen LogP contribution in [0.1, 0.15) is 31.2 Å². The van der Waals surface area contributed by atoms with Gasteiger partial charge in [-0.25, -0.2) is 5.43 Å². The van der Waals surface area contributed by atoms with Crippen molar-refractivity contribution < 1.29 is 9.59 Å². The molecule has 0 spiro atoms. The molecule has 0 aromatic heterocycles. The Morgan fingerprint density at radius 2 is 1.68 bits per heavy atom. The number of hydrogen-bond donors (Lipinski definition) is 2. The number of benzene rings is 1. The van der Waals surface area contributed by atoms with Crippen molar-refractivity contribution in [2.45, 2.75) is 32.6 Å². The van der Waals surface area contributed by atoms with Gasteiger partial charge in [-0.1, -0.05) is 17.7 Å². The molecule has 2 amide bonds. The molecule has 5 nitrogen and oxygen atoms in total. The molecule has 0 heterocycles. The number of rotatable bonds is 2. The lowest BCUT2D eigenvalue weighted by Gasteiger charge is -2.04. The molecule has 2 rings (SSSR count). The Labute approximate surface area is 112 Å². The van der Waals surface area contributed by atoms with Gasteiger partial charge in [-0.2, -0.15) is 5.10 Å². The van der Waals surface area contributed by atoms with Gasteiger partial charge in [-0.15, -0.1) is 0 Å². The van der Waals surface area contributed by atoms with Gasteiger partial charge in [0.2, 0.25) is 0 Å².